The Morgan fingerprint density at radius 2 is 1.91 bits per heavy atom. The van der Waals surface area contributed by atoms with E-state index in [1.807, 2.05) is 20.8 Å². The van der Waals surface area contributed by atoms with Gasteiger partial charge in [0.25, 0.3) is 6.43 Å². The van der Waals surface area contributed by atoms with Crippen molar-refractivity contribution in [2.24, 2.45) is 5.73 Å². The molecule has 3 aromatic rings. The highest BCUT2D eigenvalue weighted by Gasteiger charge is 2.25. The molecule has 1 amide bonds. The summed E-state index contributed by atoms with van der Waals surface area (Å²) in [4.78, 5) is 26.8. The number of likely N-dealkylation sites (N-methyl/N-ethyl adjacent to an activating group) is 1. The van der Waals surface area contributed by atoms with Crippen LogP contribution in [0.3, 0.4) is 0 Å². The monoisotopic (exact) mass is 623 g/mol. The number of nitrogens with two attached hydrogens (primary N) is 2. The number of aromatic nitrogens is 2. The minimum atomic E-state index is -2.59. The van der Waals surface area contributed by atoms with Gasteiger partial charge in [-0.05, 0) is 62.9 Å². The third-order valence-corrected chi connectivity index (χ3v) is 7.33. The number of halogens is 2. The number of hydrogen-bond acceptors (Lipinski definition) is 7. The lowest BCUT2D eigenvalue weighted by Gasteiger charge is -2.31. The van der Waals surface area contributed by atoms with Crippen LogP contribution in [0.4, 0.5) is 20.3 Å². The van der Waals surface area contributed by atoms with Crippen molar-refractivity contribution < 1.29 is 18.3 Å². The van der Waals surface area contributed by atoms with Crippen molar-refractivity contribution in [1.29, 1.82) is 0 Å². The number of alkyl halides is 2. The molecule has 11 heteroatoms. The molecule has 0 bridgehead atoms. The fourth-order valence-electron chi connectivity index (χ4n) is 5.12. The number of anilines is 2. The highest BCUT2D eigenvalue weighted by Crippen LogP contribution is 2.34. The number of aryl methyl sites for hydroxylation is 1. The Labute approximate surface area is 266 Å². The number of rotatable bonds is 7. The van der Waals surface area contributed by atoms with Gasteiger partial charge in [0.15, 0.2) is 0 Å². The van der Waals surface area contributed by atoms with E-state index in [4.69, 9.17) is 22.0 Å². The summed E-state index contributed by atoms with van der Waals surface area (Å²) in [6.45, 7) is 18.4. The third-order valence-electron chi connectivity index (χ3n) is 7.33. The van der Waals surface area contributed by atoms with Gasteiger partial charge in [-0.2, -0.15) is 9.97 Å². The second-order valence-electron chi connectivity index (χ2n) is 10.5. The number of likely N-dealkylation sites (tertiary alicyclic amines) is 1. The van der Waals surface area contributed by atoms with Crippen LogP contribution in [-0.2, 0) is 17.8 Å². The second-order valence-corrected chi connectivity index (χ2v) is 10.5. The quantitative estimate of drug-likeness (QED) is 0.238. The molecule has 0 saturated carbocycles. The molecule has 5 rings (SSSR count). The van der Waals surface area contributed by atoms with Crippen LogP contribution in [0.2, 0.25) is 0 Å². The molecule has 1 fully saturated rings. The molecular weight excluding hydrogens is 576 g/mol. The van der Waals surface area contributed by atoms with Crippen LogP contribution in [0.5, 0.6) is 6.01 Å². The zero-order valence-electron chi connectivity index (χ0n) is 27.1. The number of carbonyl (C=O) groups excluding carboxylic acids is 1. The van der Waals surface area contributed by atoms with Gasteiger partial charge in [-0.15, -0.1) is 0 Å². The number of carbonyl (C=O) groups is 1. The number of hydrogen-bond donors (Lipinski definition) is 2. The first-order valence-electron chi connectivity index (χ1n) is 15.4. The maximum absolute atomic E-state index is 11.1. The standard InChI is InChI=1S/C24H29N5O.C4H5F2NO.C4H7N.C2H6/c1-16-6-3-7-17-8-4-10-21(22(16)17)29-13-11-19-20(14-29)26-24(27-23(19)25)30-15-18-9-5-12-28(18)2;5-3(6)1-2-4(7)8;1-3-4-5-2;1-2/h3-4,6-8,10,18H,5,9,11-15H2,1-2H3,(H2,25,26,27);1-3H,(H2,7,8);3-4H2,1H3;1-2H3/b;2-1+;;/t18-;;;/m0.../s1. The molecule has 244 valence electrons. The summed E-state index contributed by atoms with van der Waals surface area (Å²) in [5.74, 6) is -0.297. The van der Waals surface area contributed by atoms with E-state index in [0.29, 0.717) is 43.2 Å². The highest BCUT2D eigenvalue weighted by atomic mass is 19.3. The maximum Gasteiger partial charge on any atom is 0.318 e. The minimum Gasteiger partial charge on any atom is -0.462 e. The van der Waals surface area contributed by atoms with Gasteiger partial charge in [-0.3, -0.25) is 4.79 Å². The van der Waals surface area contributed by atoms with Gasteiger partial charge in [-0.25, -0.2) is 15.4 Å². The molecule has 2 aliphatic heterocycles. The summed E-state index contributed by atoms with van der Waals surface area (Å²) in [5.41, 5.74) is 15.4. The van der Waals surface area contributed by atoms with E-state index >= 15 is 0 Å². The van der Waals surface area contributed by atoms with Crippen molar-refractivity contribution in [3.63, 3.8) is 0 Å². The molecule has 0 unspecified atom stereocenters. The molecule has 1 aromatic heterocycles. The summed E-state index contributed by atoms with van der Waals surface area (Å²) in [6, 6.07) is 13.8. The number of amides is 1. The number of primary amides is 1. The molecule has 9 nitrogen and oxygen atoms in total. The maximum atomic E-state index is 11.1. The first-order valence-corrected chi connectivity index (χ1v) is 15.4. The van der Waals surface area contributed by atoms with Gasteiger partial charge < -0.3 is 30.8 Å². The molecule has 0 radical (unpaired) electrons. The topological polar surface area (TPSA) is 115 Å². The van der Waals surface area contributed by atoms with E-state index in [9.17, 15) is 13.6 Å². The van der Waals surface area contributed by atoms with Crippen LogP contribution in [0.25, 0.3) is 15.6 Å². The van der Waals surface area contributed by atoms with E-state index in [-0.39, 0.29) is 0 Å². The summed E-state index contributed by atoms with van der Waals surface area (Å²) in [7, 11) is 2.15. The molecule has 3 heterocycles. The van der Waals surface area contributed by atoms with Crippen LogP contribution in [0.15, 0.2) is 48.6 Å². The molecule has 2 aliphatic rings. The van der Waals surface area contributed by atoms with Crippen LogP contribution in [0.1, 0.15) is 56.9 Å². The lowest BCUT2D eigenvalue weighted by molar-refractivity contribution is -0.113. The minimum absolute atomic E-state index is 0.405. The summed E-state index contributed by atoms with van der Waals surface area (Å²) in [6.07, 6.45) is 2.68. The van der Waals surface area contributed by atoms with Gasteiger partial charge >= 0.3 is 6.01 Å². The lowest BCUT2D eigenvalue weighted by atomic mass is 10.00. The molecule has 45 heavy (non-hydrogen) atoms. The molecule has 4 N–H and O–H groups in total. The molecule has 1 atom stereocenters. The van der Waals surface area contributed by atoms with E-state index in [1.54, 1.807) is 0 Å². The second kappa shape index (κ2) is 19.2. The van der Waals surface area contributed by atoms with Crippen molar-refractivity contribution in [3.05, 3.63) is 76.8 Å². The van der Waals surface area contributed by atoms with Crippen molar-refractivity contribution in [3.8, 4) is 6.01 Å². The first-order chi connectivity index (χ1) is 21.6. The summed E-state index contributed by atoms with van der Waals surface area (Å²) >= 11 is 0. The van der Waals surface area contributed by atoms with Crippen molar-refractivity contribution in [1.82, 2.24) is 14.9 Å². The van der Waals surface area contributed by atoms with Crippen molar-refractivity contribution in [2.45, 2.75) is 72.4 Å². The number of benzene rings is 2. The molecule has 0 aliphatic carbocycles. The number of nitrogen functional groups attached to an aromatic ring is 1. The number of fused-ring (bicyclic) bond motifs is 2. The Hall–Kier alpha value is -4.30. The predicted octanol–water partition coefficient (Wildman–Crippen LogP) is 6.19. The summed E-state index contributed by atoms with van der Waals surface area (Å²) < 4.78 is 28.2. The van der Waals surface area contributed by atoms with E-state index in [2.05, 4.69) is 75.7 Å². The molecule has 0 spiro atoms. The van der Waals surface area contributed by atoms with Gasteiger partial charge in [0.05, 0.1) is 12.2 Å². The molecule has 1 saturated heterocycles. The van der Waals surface area contributed by atoms with Crippen LogP contribution >= 0.6 is 0 Å². The Morgan fingerprint density at radius 1 is 1.20 bits per heavy atom. The van der Waals surface area contributed by atoms with Crippen LogP contribution < -0.4 is 21.1 Å². The number of allylic oxidation sites excluding steroid dienone is 1. The Bertz CT molecular complexity index is 1440. The zero-order chi connectivity index (χ0) is 33.4. The fourth-order valence-corrected chi connectivity index (χ4v) is 5.12. The van der Waals surface area contributed by atoms with Gasteiger partial charge in [0.2, 0.25) is 12.5 Å². The average molecular weight is 624 g/mol. The Kier molecular flexibility index (Phi) is 15.7. The van der Waals surface area contributed by atoms with E-state index in [0.717, 1.165) is 50.2 Å². The first kappa shape index (κ1) is 36.9. The van der Waals surface area contributed by atoms with E-state index < -0.39 is 12.3 Å². The molecule has 2 aromatic carbocycles. The van der Waals surface area contributed by atoms with Crippen LogP contribution in [-0.4, -0.2) is 66.5 Å². The SMILES string of the molecule is CC.Cc1cccc2cccc(N3CCc4c(N)nc(OC[C@@H]5CCCN5C)nc4C3)c12.NC(=O)/C=C/C(F)F.[C-]#[N+]CCC. The number of ether oxygens (including phenoxy) is 1. The van der Waals surface area contributed by atoms with Crippen molar-refractivity contribution in [2.75, 3.05) is 43.9 Å². The Balaban J connectivity index is 0.000000395. The van der Waals surface area contributed by atoms with Crippen LogP contribution in [0, 0.1) is 13.5 Å². The smallest absolute Gasteiger partial charge is 0.318 e. The predicted molar refractivity (Wildman–Crippen MR) is 178 cm³/mol. The normalized spacial score (nSPS) is 15.6. The lowest BCUT2D eigenvalue weighted by Crippen LogP contribution is -2.33. The average Bonchev–Trinajstić information content (AvgIpc) is 3.45. The Morgan fingerprint density at radius 3 is 2.47 bits per heavy atom. The van der Waals surface area contributed by atoms with Gasteiger partial charge in [0.1, 0.15) is 12.4 Å². The van der Waals surface area contributed by atoms with Gasteiger partial charge in [-0.1, -0.05) is 51.1 Å². The summed E-state index contributed by atoms with van der Waals surface area (Å²) in [5, 5.41) is 2.58. The highest BCUT2D eigenvalue weighted by molar-refractivity contribution is 5.97. The van der Waals surface area contributed by atoms with E-state index in [1.165, 1.54) is 28.4 Å². The number of nitrogens with zero attached hydrogens (tertiary/aromatic N) is 5. The largest absolute Gasteiger partial charge is 0.462 e. The molecular formula is C34H47F2N7O2. The third kappa shape index (κ3) is 11.3. The fraction of sp³-hybridized carbons (Fsp3) is 0.471. The van der Waals surface area contributed by atoms with Gasteiger partial charge in [0, 0.05) is 41.7 Å². The zero-order valence-corrected chi connectivity index (χ0v) is 27.1. The van der Waals surface area contributed by atoms with Crippen molar-refractivity contribution >= 4 is 28.2 Å².